The van der Waals surface area contributed by atoms with Crippen LogP contribution in [-0.4, -0.2) is 10.6 Å². The number of hydrogen-bond donors (Lipinski definition) is 3. The van der Waals surface area contributed by atoms with Crippen molar-refractivity contribution in [1.29, 1.82) is 0 Å². The number of hydrogen-bond acceptors (Lipinski definition) is 4. The van der Waals surface area contributed by atoms with Crippen molar-refractivity contribution in [2.24, 2.45) is 11.5 Å². The van der Waals surface area contributed by atoms with Crippen LogP contribution in [0.5, 0.6) is 0 Å². The fourth-order valence-corrected chi connectivity index (χ4v) is 2.82. The van der Waals surface area contributed by atoms with Gasteiger partial charge >= 0.3 is 0 Å². The summed E-state index contributed by atoms with van der Waals surface area (Å²) in [6.07, 6.45) is 5.24. The summed E-state index contributed by atoms with van der Waals surface area (Å²) in [6, 6.07) is 10.0. The maximum Gasteiger partial charge on any atom is 0.134 e. The number of benzene rings is 1. The molecule has 5 N–H and O–H groups in total. The van der Waals surface area contributed by atoms with Crippen molar-refractivity contribution >= 4 is 22.5 Å². The molecular weight excluding hydrogens is 284 g/mol. The largest absolute Gasteiger partial charge is 0.399 e. The molecule has 1 aromatic carbocycles. The van der Waals surface area contributed by atoms with Gasteiger partial charge in [0.05, 0.1) is 5.52 Å². The standard InChI is InChI=1S/C16H17ClN4/c1-10(16(19)14(18)6-7-15(17)21-16)11-4-5-13-12(9-11)3-2-8-20-13/h2-10,21H,18-19H2,1H3. The molecule has 0 saturated carbocycles. The number of rotatable bonds is 2. The zero-order valence-electron chi connectivity index (χ0n) is 11.7. The van der Waals surface area contributed by atoms with Crippen LogP contribution in [0.25, 0.3) is 10.9 Å². The van der Waals surface area contributed by atoms with Crippen LogP contribution >= 0.6 is 11.6 Å². The lowest BCUT2D eigenvalue weighted by Gasteiger charge is -2.39. The first-order valence-corrected chi connectivity index (χ1v) is 7.13. The van der Waals surface area contributed by atoms with Crippen LogP contribution in [0.3, 0.4) is 0 Å². The predicted molar refractivity (Wildman–Crippen MR) is 86.4 cm³/mol. The molecule has 2 unspecified atom stereocenters. The van der Waals surface area contributed by atoms with Crippen molar-refractivity contribution in [3.05, 3.63) is 65.1 Å². The molecule has 5 heteroatoms. The third kappa shape index (κ3) is 2.37. The van der Waals surface area contributed by atoms with E-state index in [0.717, 1.165) is 16.5 Å². The Morgan fingerprint density at radius 3 is 2.90 bits per heavy atom. The van der Waals surface area contributed by atoms with E-state index in [-0.39, 0.29) is 5.92 Å². The lowest BCUT2D eigenvalue weighted by Crippen LogP contribution is -2.60. The summed E-state index contributed by atoms with van der Waals surface area (Å²) >= 11 is 6.05. The molecule has 0 bridgehead atoms. The maximum atomic E-state index is 6.47. The van der Waals surface area contributed by atoms with E-state index in [1.54, 1.807) is 18.3 Å². The smallest absolute Gasteiger partial charge is 0.134 e. The molecule has 108 valence electrons. The van der Waals surface area contributed by atoms with Gasteiger partial charge in [-0.25, -0.2) is 0 Å². The van der Waals surface area contributed by atoms with Crippen LogP contribution < -0.4 is 16.8 Å². The maximum absolute atomic E-state index is 6.47. The van der Waals surface area contributed by atoms with Crippen molar-refractivity contribution < 1.29 is 0 Å². The van der Waals surface area contributed by atoms with Gasteiger partial charge in [0.2, 0.25) is 0 Å². The number of halogens is 1. The molecule has 1 aliphatic heterocycles. The average molecular weight is 301 g/mol. The zero-order valence-corrected chi connectivity index (χ0v) is 12.4. The zero-order chi connectivity index (χ0) is 15.0. The summed E-state index contributed by atoms with van der Waals surface area (Å²) < 4.78 is 0. The van der Waals surface area contributed by atoms with Crippen LogP contribution in [0.15, 0.2) is 59.5 Å². The van der Waals surface area contributed by atoms with Crippen LogP contribution in [-0.2, 0) is 0 Å². The van der Waals surface area contributed by atoms with E-state index < -0.39 is 5.66 Å². The van der Waals surface area contributed by atoms with Crippen molar-refractivity contribution in [1.82, 2.24) is 10.3 Å². The van der Waals surface area contributed by atoms with Gasteiger partial charge in [0.25, 0.3) is 0 Å². The van der Waals surface area contributed by atoms with Gasteiger partial charge in [-0.15, -0.1) is 0 Å². The fraction of sp³-hybridized carbons (Fsp3) is 0.188. The minimum absolute atomic E-state index is 0.0548. The molecule has 21 heavy (non-hydrogen) atoms. The van der Waals surface area contributed by atoms with Gasteiger partial charge in [-0.2, -0.15) is 0 Å². The number of dihydropyridines is 1. The summed E-state index contributed by atoms with van der Waals surface area (Å²) in [4.78, 5) is 4.33. The summed E-state index contributed by atoms with van der Waals surface area (Å²) in [7, 11) is 0. The first-order chi connectivity index (χ1) is 10.0. The Morgan fingerprint density at radius 2 is 2.10 bits per heavy atom. The molecular formula is C16H17ClN4. The normalized spacial score (nSPS) is 23.2. The molecule has 2 heterocycles. The highest BCUT2D eigenvalue weighted by Gasteiger charge is 2.37. The Hall–Kier alpha value is -2.04. The SMILES string of the molecule is CC(c1ccc2ncccc2c1)C1(N)NC(Cl)=CC=C1N. The number of aromatic nitrogens is 1. The molecule has 0 amide bonds. The van der Waals surface area contributed by atoms with Crippen LogP contribution in [0.2, 0.25) is 0 Å². The van der Waals surface area contributed by atoms with Crippen molar-refractivity contribution in [2.45, 2.75) is 18.5 Å². The Bertz CT molecular complexity index is 753. The summed E-state index contributed by atoms with van der Waals surface area (Å²) in [6.45, 7) is 2.03. The van der Waals surface area contributed by atoms with Crippen molar-refractivity contribution in [3.63, 3.8) is 0 Å². The summed E-state index contributed by atoms with van der Waals surface area (Å²) in [5.41, 5.74) is 14.2. The van der Waals surface area contributed by atoms with E-state index in [1.807, 2.05) is 31.2 Å². The molecule has 1 aliphatic rings. The third-order valence-electron chi connectivity index (χ3n) is 4.02. The highest BCUT2D eigenvalue weighted by Crippen LogP contribution is 2.32. The number of nitrogens with two attached hydrogens (primary N) is 2. The van der Waals surface area contributed by atoms with Gasteiger partial charge in [-0.05, 0) is 35.9 Å². The first-order valence-electron chi connectivity index (χ1n) is 6.76. The van der Waals surface area contributed by atoms with Gasteiger partial charge < -0.3 is 16.8 Å². The Balaban J connectivity index is 2.02. The van der Waals surface area contributed by atoms with Gasteiger partial charge in [0, 0.05) is 23.2 Å². The van der Waals surface area contributed by atoms with E-state index in [1.165, 1.54) is 0 Å². The molecule has 0 fully saturated rings. The molecule has 0 radical (unpaired) electrons. The van der Waals surface area contributed by atoms with Crippen LogP contribution in [0, 0.1) is 0 Å². The topological polar surface area (TPSA) is 77.0 Å². The second kappa shape index (κ2) is 5.06. The lowest BCUT2D eigenvalue weighted by atomic mass is 9.84. The van der Waals surface area contributed by atoms with E-state index in [4.69, 9.17) is 23.1 Å². The Kier molecular flexibility index (Phi) is 3.35. The Labute approximate surface area is 128 Å². The predicted octanol–water partition coefficient (Wildman–Crippen LogP) is 2.52. The molecule has 0 aliphatic carbocycles. The summed E-state index contributed by atoms with van der Waals surface area (Å²) in [5, 5.41) is 4.65. The molecule has 3 rings (SSSR count). The van der Waals surface area contributed by atoms with E-state index >= 15 is 0 Å². The first kappa shape index (κ1) is 13.9. The monoisotopic (exact) mass is 300 g/mol. The number of nitrogens with one attached hydrogen (secondary N) is 1. The minimum atomic E-state index is -0.901. The highest BCUT2D eigenvalue weighted by atomic mass is 35.5. The second-order valence-electron chi connectivity index (χ2n) is 5.31. The number of fused-ring (bicyclic) bond motifs is 1. The lowest BCUT2D eigenvalue weighted by molar-refractivity contribution is 0.366. The third-order valence-corrected chi connectivity index (χ3v) is 4.24. The number of pyridine rings is 1. The molecule has 2 aromatic rings. The van der Waals surface area contributed by atoms with Gasteiger partial charge in [-0.1, -0.05) is 30.7 Å². The molecule has 4 nitrogen and oxygen atoms in total. The quantitative estimate of drug-likeness (QED) is 0.745. The molecule has 1 aromatic heterocycles. The molecule has 2 atom stereocenters. The van der Waals surface area contributed by atoms with Crippen LogP contribution in [0.4, 0.5) is 0 Å². The average Bonchev–Trinajstić information content (AvgIpc) is 2.50. The Morgan fingerprint density at radius 1 is 1.29 bits per heavy atom. The molecule has 0 saturated heterocycles. The van der Waals surface area contributed by atoms with Gasteiger partial charge in [0.15, 0.2) is 0 Å². The highest BCUT2D eigenvalue weighted by molar-refractivity contribution is 6.29. The molecule has 0 spiro atoms. The van der Waals surface area contributed by atoms with E-state index in [2.05, 4.69) is 16.4 Å². The van der Waals surface area contributed by atoms with Gasteiger partial charge in [-0.3, -0.25) is 4.98 Å². The number of allylic oxidation sites excluding steroid dienone is 2. The fourth-order valence-electron chi connectivity index (χ4n) is 2.60. The van der Waals surface area contributed by atoms with Crippen LogP contribution in [0.1, 0.15) is 18.4 Å². The summed E-state index contributed by atoms with van der Waals surface area (Å²) in [5.74, 6) is -0.0548. The van der Waals surface area contributed by atoms with Gasteiger partial charge in [0.1, 0.15) is 10.8 Å². The second-order valence-corrected chi connectivity index (χ2v) is 5.72. The van der Waals surface area contributed by atoms with E-state index in [0.29, 0.717) is 10.9 Å². The van der Waals surface area contributed by atoms with Crippen molar-refractivity contribution in [3.8, 4) is 0 Å². The van der Waals surface area contributed by atoms with Crippen molar-refractivity contribution in [2.75, 3.05) is 0 Å². The van der Waals surface area contributed by atoms with E-state index in [9.17, 15) is 0 Å². The number of nitrogens with zero attached hydrogens (tertiary/aromatic N) is 1. The minimum Gasteiger partial charge on any atom is -0.399 e.